The third kappa shape index (κ3) is 3.48. The number of hydrogen-bond acceptors (Lipinski definition) is 2. The van der Waals surface area contributed by atoms with E-state index in [1.165, 1.54) is 17.2 Å². The lowest BCUT2D eigenvalue weighted by Gasteiger charge is -2.13. The third-order valence-corrected chi connectivity index (χ3v) is 4.83. The molecule has 1 saturated heterocycles. The van der Waals surface area contributed by atoms with Gasteiger partial charge in [-0.1, -0.05) is 28.1 Å². The quantitative estimate of drug-likeness (QED) is 0.771. The summed E-state index contributed by atoms with van der Waals surface area (Å²) in [6, 6.07) is 10.4. The highest BCUT2D eigenvalue weighted by Crippen LogP contribution is 2.34. The van der Waals surface area contributed by atoms with E-state index in [1.54, 1.807) is 0 Å². The van der Waals surface area contributed by atoms with E-state index in [4.69, 9.17) is 4.74 Å². The van der Waals surface area contributed by atoms with Crippen molar-refractivity contribution in [2.45, 2.75) is 6.42 Å². The third-order valence-electron chi connectivity index (χ3n) is 3.52. The van der Waals surface area contributed by atoms with E-state index < -0.39 is 0 Å². The molecule has 1 N–H and O–H groups in total. The van der Waals surface area contributed by atoms with Gasteiger partial charge >= 0.3 is 0 Å². The topological polar surface area (TPSA) is 21.3 Å². The van der Waals surface area contributed by atoms with Crippen LogP contribution in [0.1, 0.15) is 6.42 Å². The van der Waals surface area contributed by atoms with Crippen LogP contribution < -0.4 is 10.1 Å². The molecule has 0 aliphatic carbocycles. The van der Waals surface area contributed by atoms with Gasteiger partial charge in [0.1, 0.15) is 5.75 Å². The predicted octanol–water partition coefficient (Wildman–Crippen LogP) is 4.77. The first kappa shape index (κ1) is 16.1. The molecule has 0 radical (unpaired) electrons. The molecule has 0 spiro atoms. The minimum absolute atomic E-state index is 0. The van der Waals surface area contributed by atoms with Crippen LogP contribution in [0, 0.1) is 5.92 Å². The molecule has 0 bridgehead atoms. The van der Waals surface area contributed by atoms with Crippen LogP contribution in [0.25, 0.3) is 10.8 Å². The molecule has 0 saturated carbocycles. The molecule has 0 amide bonds. The van der Waals surface area contributed by atoms with Crippen molar-refractivity contribution in [2.75, 3.05) is 19.7 Å². The fraction of sp³-hybridized carbons (Fsp3) is 0.333. The van der Waals surface area contributed by atoms with Gasteiger partial charge in [0, 0.05) is 16.9 Å². The molecule has 1 heterocycles. The second-order valence-electron chi connectivity index (χ2n) is 4.91. The Hall–Kier alpha value is -0.290. The molecule has 20 heavy (non-hydrogen) atoms. The molecule has 1 aliphatic heterocycles. The first-order valence-corrected chi connectivity index (χ1v) is 8.04. The minimum Gasteiger partial charge on any atom is -0.492 e. The summed E-state index contributed by atoms with van der Waals surface area (Å²) in [6.07, 6.45) is 1.21. The maximum Gasteiger partial charge on any atom is 0.134 e. The lowest BCUT2D eigenvalue weighted by Crippen LogP contribution is -2.15. The number of hydrogen-bond donors (Lipinski definition) is 1. The van der Waals surface area contributed by atoms with Gasteiger partial charge in [-0.2, -0.15) is 0 Å². The molecular weight excluding hydrogens is 405 g/mol. The van der Waals surface area contributed by atoms with E-state index in [9.17, 15) is 0 Å². The Morgan fingerprint density at radius 2 is 2.05 bits per heavy atom. The monoisotopic (exact) mass is 419 g/mol. The van der Waals surface area contributed by atoms with Gasteiger partial charge < -0.3 is 10.1 Å². The van der Waals surface area contributed by atoms with Crippen LogP contribution >= 0.6 is 44.3 Å². The van der Waals surface area contributed by atoms with Crippen molar-refractivity contribution in [1.82, 2.24) is 5.32 Å². The van der Waals surface area contributed by atoms with Gasteiger partial charge in [0.05, 0.1) is 11.1 Å². The summed E-state index contributed by atoms with van der Waals surface area (Å²) >= 11 is 7.16. The number of halogens is 3. The predicted molar refractivity (Wildman–Crippen MR) is 93.1 cm³/mol. The maximum absolute atomic E-state index is 5.96. The van der Waals surface area contributed by atoms with E-state index in [1.807, 2.05) is 6.07 Å². The lowest BCUT2D eigenvalue weighted by molar-refractivity contribution is 0.259. The van der Waals surface area contributed by atoms with Crippen LogP contribution in [0.15, 0.2) is 39.3 Å². The van der Waals surface area contributed by atoms with Crippen LogP contribution in [0.2, 0.25) is 0 Å². The number of benzene rings is 2. The summed E-state index contributed by atoms with van der Waals surface area (Å²) in [6.45, 7) is 2.97. The van der Waals surface area contributed by atoms with Gasteiger partial charge in [0.15, 0.2) is 0 Å². The summed E-state index contributed by atoms with van der Waals surface area (Å²) in [5.74, 6) is 1.56. The highest BCUT2D eigenvalue weighted by Gasteiger charge is 2.16. The number of nitrogens with one attached hydrogen (secondary N) is 1. The second-order valence-corrected chi connectivity index (χ2v) is 6.62. The minimum atomic E-state index is 0. The normalized spacial score (nSPS) is 18.0. The van der Waals surface area contributed by atoms with Gasteiger partial charge in [0.25, 0.3) is 0 Å². The summed E-state index contributed by atoms with van der Waals surface area (Å²) in [5, 5.41) is 5.75. The van der Waals surface area contributed by atoms with Crippen LogP contribution in [-0.4, -0.2) is 19.7 Å². The van der Waals surface area contributed by atoms with Crippen molar-refractivity contribution in [1.29, 1.82) is 0 Å². The van der Waals surface area contributed by atoms with Crippen LogP contribution in [-0.2, 0) is 0 Å². The Kier molecular flexibility index (Phi) is 5.73. The van der Waals surface area contributed by atoms with Crippen molar-refractivity contribution >= 4 is 55.0 Å². The summed E-state index contributed by atoms with van der Waals surface area (Å²) in [7, 11) is 0. The maximum atomic E-state index is 5.96. The van der Waals surface area contributed by atoms with Gasteiger partial charge in [-0.05, 0) is 57.9 Å². The average molecular weight is 422 g/mol. The van der Waals surface area contributed by atoms with E-state index in [0.29, 0.717) is 5.92 Å². The van der Waals surface area contributed by atoms with E-state index in [0.717, 1.165) is 34.4 Å². The van der Waals surface area contributed by atoms with Crippen molar-refractivity contribution in [2.24, 2.45) is 5.92 Å². The molecule has 2 aromatic carbocycles. The SMILES string of the molecule is Brc1ccc2c(Br)c(OCC3CCNC3)ccc2c1.Cl. The molecular formula is C15H16Br2ClNO. The molecule has 1 atom stereocenters. The first-order chi connectivity index (χ1) is 9.24. The zero-order valence-corrected chi connectivity index (χ0v) is 14.9. The number of ether oxygens (including phenoxy) is 1. The van der Waals surface area contributed by atoms with Crippen LogP contribution in [0.3, 0.4) is 0 Å². The second kappa shape index (κ2) is 7.12. The summed E-state index contributed by atoms with van der Waals surface area (Å²) in [5.41, 5.74) is 0. The first-order valence-electron chi connectivity index (χ1n) is 6.45. The Bertz CT molecular complexity index is 600. The summed E-state index contributed by atoms with van der Waals surface area (Å²) < 4.78 is 8.10. The Balaban J connectivity index is 0.00000147. The van der Waals surface area contributed by atoms with Crippen LogP contribution in [0.5, 0.6) is 5.75 Å². The fourth-order valence-electron chi connectivity index (χ4n) is 2.42. The van der Waals surface area contributed by atoms with Crippen LogP contribution in [0.4, 0.5) is 0 Å². The largest absolute Gasteiger partial charge is 0.492 e. The fourth-order valence-corrected chi connectivity index (χ4v) is 3.41. The Morgan fingerprint density at radius 3 is 2.80 bits per heavy atom. The zero-order chi connectivity index (χ0) is 13.2. The average Bonchev–Trinajstić information content (AvgIpc) is 2.91. The van der Waals surface area contributed by atoms with Gasteiger partial charge in [-0.25, -0.2) is 0 Å². The Morgan fingerprint density at radius 1 is 1.20 bits per heavy atom. The lowest BCUT2D eigenvalue weighted by atomic mass is 10.1. The van der Waals surface area contributed by atoms with Gasteiger partial charge in [-0.15, -0.1) is 12.4 Å². The standard InChI is InChI=1S/C15H15Br2NO.ClH/c16-12-2-3-13-11(7-12)1-4-14(15(13)17)19-9-10-5-6-18-8-10;/h1-4,7,10,18H,5-6,8-9H2;1H. The van der Waals surface area contributed by atoms with Gasteiger partial charge in [0.2, 0.25) is 0 Å². The van der Waals surface area contributed by atoms with E-state index in [-0.39, 0.29) is 12.4 Å². The number of fused-ring (bicyclic) bond motifs is 1. The van der Waals surface area contributed by atoms with E-state index >= 15 is 0 Å². The zero-order valence-electron chi connectivity index (χ0n) is 10.9. The highest BCUT2D eigenvalue weighted by molar-refractivity contribution is 9.11. The van der Waals surface area contributed by atoms with Crippen molar-refractivity contribution in [3.8, 4) is 5.75 Å². The smallest absolute Gasteiger partial charge is 0.134 e. The molecule has 1 fully saturated rings. The molecule has 2 aromatic rings. The molecule has 5 heteroatoms. The molecule has 3 rings (SSSR count). The van der Waals surface area contributed by atoms with Crippen molar-refractivity contribution in [3.63, 3.8) is 0 Å². The number of rotatable bonds is 3. The molecule has 2 nitrogen and oxygen atoms in total. The molecule has 108 valence electrons. The summed E-state index contributed by atoms with van der Waals surface area (Å²) in [4.78, 5) is 0. The highest BCUT2D eigenvalue weighted by atomic mass is 79.9. The van der Waals surface area contributed by atoms with Crippen molar-refractivity contribution in [3.05, 3.63) is 39.3 Å². The van der Waals surface area contributed by atoms with E-state index in [2.05, 4.69) is 61.4 Å². The Labute approximate surface area is 141 Å². The molecule has 1 unspecified atom stereocenters. The molecule has 0 aromatic heterocycles. The molecule has 1 aliphatic rings. The van der Waals surface area contributed by atoms with Gasteiger partial charge in [-0.3, -0.25) is 0 Å². The van der Waals surface area contributed by atoms with Crippen molar-refractivity contribution < 1.29 is 4.74 Å².